The number of carbonyl (C=O) groups is 2. The number of pyridine rings is 1. The fourth-order valence-corrected chi connectivity index (χ4v) is 3.92. The number of amides is 1. The Bertz CT molecular complexity index is 1520. The van der Waals surface area contributed by atoms with E-state index in [4.69, 9.17) is 15.2 Å². The summed E-state index contributed by atoms with van der Waals surface area (Å²) in [5, 5.41) is 17.4. The molecule has 0 saturated carbocycles. The van der Waals surface area contributed by atoms with Gasteiger partial charge in [0.05, 0.1) is 19.1 Å². The first-order chi connectivity index (χ1) is 18.3. The lowest BCUT2D eigenvalue weighted by Gasteiger charge is -2.09. The molecule has 0 aliphatic rings. The van der Waals surface area contributed by atoms with Gasteiger partial charge in [-0.25, -0.2) is 4.98 Å². The molecule has 2 aromatic carbocycles. The van der Waals surface area contributed by atoms with Crippen molar-refractivity contribution >= 4 is 29.0 Å². The van der Waals surface area contributed by atoms with Gasteiger partial charge in [-0.3, -0.25) is 24.1 Å². The number of nitrogens with zero attached hydrogens (tertiary/aromatic N) is 3. The number of ether oxygens (including phenoxy) is 2. The molecule has 2 heterocycles. The summed E-state index contributed by atoms with van der Waals surface area (Å²) in [5.41, 5.74) is 8.86. The Morgan fingerprint density at radius 3 is 2.61 bits per heavy atom. The highest BCUT2D eigenvalue weighted by molar-refractivity contribution is 5.95. The summed E-state index contributed by atoms with van der Waals surface area (Å²) in [4.78, 5) is 40.3. The van der Waals surface area contributed by atoms with Crippen LogP contribution in [0.2, 0.25) is 0 Å². The van der Waals surface area contributed by atoms with E-state index in [1.54, 1.807) is 28.8 Å². The predicted molar refractivity (Wildman–Crippen MR) is 140 cm³/mol. The number of carbonyl (C=O) groups excluding carboxylic acids is 2. The van der Waals surface area contributed by atoms with Crippen LogP contribution in [-0.4, -0.2) is 46.9 Å². The molecular weight excluding hydrogens is 492 g/mol. The van der Waals surface area contributed by atoms with Crippen LogP contribution in [0.15, 0.2) is 60.8 Å². The minimum Gasteiger partial charge on any atom is -0.490 e. The highest BCUT2D eigenvalue weighted by Crippen LogP contribution is 2.35. The third kappa shape index (κ3) is 5.55. The summed E-state index contributed by atoms with van der Waals surface area (Å²) in [6, 6.07) is 15.3. The normalized spacial score (nSPS) is 10.7. The second-order valence-electron chi connectivity index (χ2n) is 8.23. The number of esters is 1. The van der Waals surface area contributed by atoms with Crippen LogP contribution in [0, 0.1) is 10.1 Å². The van der Waals surface area contributed by atoms with E-state index in [1.165, 1.54) is 26.4 Å². The number of aromatic nitrogens is 2. The summed E-state index contributed by atoms with van der Waals surface area (Å²) < 4.78 is 11.5. The van der Waals surface area contributed by atoms with Gasteiger partial charge in [-0.1, -0.05) is 24.3 Å². The van der Waals surface area contributed by atoms with E-state index in [0.29, 0.717) is 41.4 Å². The molecule has 12 heteroatoms. The lowest BCUT2D eigenvalue weighted by molar-refractivity contribution is -0.385. The first kappa shape index (κ1) is 26.1. The van der Waals surface area contributed by atoms with E-state index in [0.717, 1.165) is 11.1 Å². The van der Waals surface area contributed by atoms with Gasteiger partial charge in [0.2, 0.25) is 0 Å². The van der Waals surface area contributed by atoms with Gasteiger partial charge in [0, 0.05) is 36.5 Å². The number of nitrogens with two attached hydrogens (primary N) is 1. The number of nitrogens with one attached hydrogen (secondary N) is 2. The summed E-state index contributed by atoms with van der Waals surface area (Å²) >= 11 is 0. The molecule has 12 nitrogen and oxygen atoms in total. The minimum atomic E-state index is -0.550. The fraction of sp³-hybridized carbons (Fsp3) is 0.192. The zero-order chi connectivity index (χ0) is 27.2. The van der Waals surface area contributed by atoms with Crippen molar-refractivity contribution in [3.8, 4) is 17.0 Å². The van der Waals surface area contributed by atoms with Crippen molar-refractivity contribution < 1.29 is 24.0 Å². The van der Waals surface area contributed by atoms with E-state index in [-0.39, 0.29) is 23.9 Å². The lowest BCUT2D eigenvalue weighted by atomic mass is 10.1. The number of benzene rings is 2. The smallest absolute Gasteiger partial charge is 0.325 e. The molecule has 0 atom stereocenters. The molecular formula is C26H26N6O6. The Hall–Kier alpha value is -4.97. The van der Waals surface area contributed by atoms with Crippen molar-refractivity contribution in [2.45, 2.75) is 13.1 Å². The van der Waals surface area contributed by atoms with Gasteiger partial charge in [0.15, 0.2) is 5.75 Å². The van der Waals surface area contributed by atoms with Gasteiger partial charge in [-0.05, 0) is 35.4 Å². The molecule has 4 N–H and O–H groups in total. The number of methoxy groups -OCH3 is 2. The Labute approximate surface area is 217 Å². The third-order valence-corrected chi connectivity index (χ3v) is 5.85. The first-order valence-corrected chi connectivity index (χ1v) is 11.6. The topological polar surface area (TPSA) is 163 Å². The molecule has 4 aromatic rings. The van der Waals surface area contributed by atoms with Crippen molar-refractivity contribution in [2.75, 3.05) is 26.1 Å². The van der Waals surface area contributed by atoms with Crippen LogP contribution in [0.3, 0.4) is 0 Å². The molecule has 0 bridgehead atoms. The Morgan fingerprint density at radius 2 is 1.89 bits per heavy atom. The highest BCUT2D eigenvalue weighted by Gasteiger charge is 2.21. The number of fused-ring (bicyclic) bond motifs is 1. The van der Waals surface area contributed by atoms with Crippen LogP contribution in [0.5, 0.6) is 5.75 Å². The Morgan fingerprint density at radius 1 is 1.11 bits per heavy atom. The molecule has 196 valence electrons. The molecule has 0 unspecified atom stereocenters. The second-order valence-corrected chi connectivity index (χ2v) is 8.23. The van der Waals surface area contributed by atoms with Crippen LogP contribution >= 0.6 is 0 Å². The fourth-order valence-electron chi connectivity index (χ4n) is 3.92. The van der Waals surface area contributed by atoms with Gasteiger partial charge in [0.25, 0.3) is 5.91 Å². The van der Waals surface area contributed by atoms with Crippen molar-refractivity contribution in [3.05, 3.63) is 87.6 Å². The van der Waals surface area contributed by atoms with Gasteiger partial charge < -0.3 is 25.8 Å². The third-order valence-electron chi connectivity index (χ3n) is 5.85. The van der Waals surface area contributed by atoms with Gasteiger partial charge >= 0.3 is 11.7 Å². The Kier molecular flexibility index (Phi) is 7.83. The summed E-state index contributed by atoms with van der Waals surface area (Å²) in [5.74, 6) is -0.321. The zero-order valence-corrected chi connectivity index (χ0v) is 20.8. The maximum absolute atomic E-state index is 12.9. The molecule has 0 radical (unpaired) electrons. The average Bonchev–Trinajstić information content (AvgIpc) is 3.31. The molecule has 2 aromatic heterocycles. The van der Waals surface area contributed by atoms with E-state index < -0.39 is 10.9 Å². The molecule has 38 heavy (non-hydrogen) atoms. The van der Waals surface area contributed by atoms with Crippen molar-refractivity contribution in [1.82, 2.24) is 14.7 Å². The first-order valence-electron chi connectivity index (χ1n) is 11.6. The number of anilines is 1. The number of hydrogen-bond donors (Lipinski definition) is 3. The lowest BCUT2D eigenvalue weighted by Crippen LogP contribution is -2.23. The van der Waals surface area contributed by atoms with E-state index >= 15 is 0 Å². The number of nitro benzene ring substituents is 1. The number of hydrogen-bond acceptors (Lipinski definition) is 9. The molecule has 0 saturated heterocycles. The molecule has 0 fully saturated rings. The SMILES string of the molecule is COC(=O)CNc1c(-c2ccc(OC)c([N+](=O)[O-])c2)nc2cc(C(=O)NCc3cccc(CN)c3)ccn12. The van der Waals surface area contributed by atoms with Gasteiger partial charge in [-0.2, -0.15) is 0 Å². The van der Waals surface area contributed by atoms with Crippen LogP contribution in [0.25, 0.3) is 16.9 Å². The maximum atomic E-state index is 12.9. The second kappa shape index (κ2) is 11.4. The van der Waals surface area contributed by atoms with Crippen LogP contribution in [0.4, 0.5) is 11.5 Å². The molecule has 0 aliphatic heterocycles. The highest BCUT2D eigenvalue weighted by atomic mass is 16.6. The van der Waals surface area contributed by atoms with E-state index in [2.05, 4.69) is 15.6 Å². The molecule has 1 amide bonds. The quantitative estimate of drug-likeness (QED) is 0.163. The van der Waals surface area contributed by atoms with Crippen LogP contribution in [-0.2, 0) is 22.6 Å². The van der Waals surface area contributed by atoms with Gasteiger partial charge in [-0.15, -0.1) is 0 Å². The Balaban J connectivity index is 1.69. The van der Waals surface area contributed by atoms with Crippen molar-refractivity contribution in [3.63, 3.8) is 0 Å². The largest absolute Gasteiger partial charge is 0.490 e. The summed E-state index contributed by atoms with van der Waals surface area (Å²) in [7, 11) is 2.61. The predicted octanol–water partition coefficient (Wildman–Crippen LogP) is 2.89. The standard InChI is InChI=1S/C26H26N6O6/c1-37-21-7-6-18(11-20(21)32(35)36)24-25(28-15-23(33)38-2)31-9-8-19(12-22(31)30-24)26(34)29-14-17-5-3-4-16(10-17)13-27/h3-12,28H,13-15,27H2,1-2H3,(H,29,34). The monoisotopic (exact) mass is 518 g/mol. The summed E-state index contributed by atoms with van der Waals surface area (Å²) in [6.45, 7) is 0.559. The van der Waals surface area contributed by atoms with Crippen molar-refractivity contribution in [1.29, 1.82) is 0 Å². The summed E-state index contributed by atoms with van der Waals surface area (Å²) in [6.07, 6.45) is 1.63. The molecule has 4 rings (SSSR count). The number of nitro groups is 1. The molecule has 0 aliphatic carbocycles. The van der Waals surface area contributed by atoms with Crippen LogP contribution in [0.1, 0.15) is 21.5 Å². The van der Waals surface area contributed by atoms with E-state index in [9.17, 15) is 19.7 Å². The van der Waals surface area contributed by atoms with Crippen LogP contribution < -0.4 is 21.1 Å². The minimum absolute atomic E-state index is 0.0996. The maximum Gasteiger partial charge on any atom is 0.325 e. The number of rotatable bonds is 10. The number of imidazole rings is 1. The molecule has 0 spiro atoms. The van der Waals surface area contributed by atoms with Gasteiger partial charge in [0.1, 0.15) is 23.7 Å². The zero-order valence-electron chi connectivity index (χ0n) is 20.8. The van der Waals surface area contributed by atoms with E-state index in [1.807, 2.05) is 24.3 Å². The average molecular weight is 519 g/mol. The van der Waals surface area contributed by atoms with Crippen molar-refractivity contribution in [2.24, 2.45) is 5.73 Å².